The van der Waals surface area contributed by atoms with Crippen LogP contribution < -0.4 is 10.1 Å². The molecule has 0 atom stereocenters. The molecule has 0 radical (unpaired) electrons. The molecule has 0 spiro atoms. The van der Waals surface area contributed by atoms with Crippen LogP contribution in [0.25, 0.3) is 10.4 Å². The summed E-state index contributed by atoms with van der Waals surface area (Å²) in [4.78, 5) is 26.2. The second kappa shape index (κ2) is 8.09. The molecule has 0 bridgehead atoms. The Bertz CT molecular complexity index is 1070. The number of nitrogens with one attached hydrogen (secondary N) is 1. The predicted octanol–water partition coefficient (Wildman–Crippen LogP) is 5.23. The first-order valence-electron chi connectivity index (χ1n) is 9.43. The minimum atomic E-state index is -0.505. The van der Waals surface area contributed by atoms with Crippen LogP contribution in [0.4, 0.5) is 5.69 Å². The number of rotatable bonds is 5. The number of esters is 1. The summed E-state index contributed by atoms with van der Waals surface area (Å²) >= 11 is 1.36. The van der Waals surface area contributed by atoms with Crippen LogP contribution in [0.5, 0.6) is 5.75 Å². The van der Waals surface area contributed by atoms with Crippen molar-refractivity contribution in [3.05, 3.63) is 70.6 Å². The van der Waals surface area contributed by atoms with Crippen molar-refractivity contribution in [2.75, 3.05) is 11.9 Å². The standard InChI is InChI=1S/C23H21NO4S/c1-14(2)16-7-3-5-9-18(16)24-21(25)13-28-23(26)20-11-15-12-27-19-10-6-4-8-17(19)22(15)29-20/h3-11,14H,12-13H2,1-2H3,(H,24,25). The average molecular weight is 407 g/mol. The normalized spacial score (nSPS) is 12.0. The van der Waals surface area contributed by atoms with Gasteiger partial charge in [0.15, 0.2) is 6.61 Å². The summed E-state index contributed by atoms with van der Waals surface area (Å²) in [6.45, 7) is 4.21. The quantitative estimate of drug-likeness (QED) is 0.589. The van der Waals surface area contributed by atoms with Gasteiger partial charge in [-0.1, -0.05) is 44.2 Å². The van der Waals surface area contributed by atoms with Gasteiger partial charge in [0.25, 0.3) is 5.91 Å². The molecular formula is C23H21NO4S. The maximum Gasteiger partial charge on any atom is 0.348 e. The first kappa shape index (κ1) is 19.2. The second-order valence-corrected chi connectivity index (χ2v) is 8.17. The van der Waals surface area contributed by atoms with Gasteiger partial charge in [-0.3, -0.25) is 4.79 Å². The third-order valence-corrected chi connectivity index (χ3v) is 5.91. The van der Waals surface area contributed by atoms with E-state index in [0.717, 1.165) is 33.0 Å². The molecule has 0 unspecified atom stereocenters. The molecule has 29 heavy (non-hydrogen) atoms. The molecule has 3 aromatic rings. The Morgan fingerprint density at radius 3 is 2.72 bits per heavy atom. The van der Waals surface area contributed by atoms with Crippen LogP contribution in [0.15, 0.2) is 54.6 Å². The lowest BCUT2D eigenvalue weighted by Crippen LogP contribution is -2.21. The van der Waals surface area contributed by atoms with Crippen LogP contribution in [0.1, 0.15) is 40.6 Å². The molecule has 6 heteroatoms. The van der Waals surface area contributed by atoms with Gasteiger partial charge in [-0.25, -0.2) is 4.79 Å². The third kappa shape index (κ3) is 4.03. The zero-order chi connectivity index (χ0) is 20.4. The van der Waals surface area contributed by atoms with E-state index < -0.39 is 5.97 Å². The van der Waals surface area contributed by atoms with Crippen LogP contribution in [0.3, 0.4) is 0 Å². The number of carbonyl (C=O) groups excluding carboxylic acids is 2. The van der Waals surface area contributed by atoms with Crippen LogP contribution in [0, 0.1) is 0 Å². The summed E-state index contributed by atoms with van der Waals surface area (Å²) in [5.74, 6) is 0.220. The van der Waals surface area contributed by atoms with E-state index in [1.54, 1.807) is 6.07 Å². The fourth-order valence-corrected chi connectivity index (χ4v) is 4.39. The van der Waals surface area contributed by atoms with E-state index in [1.165, 1.54) is 11.3 Å². The minimum Gasteiger partial charge on any atom is -0.488 e. The van der Waals surface area contributed by atoms with Gasteiger partial charge >= 0.3 is 5.97 Å². The van der Waals surface area contributed by atoms with Crippen molar-refractivity contribution < 1.29 is 19.1 Å². The lowest BCUT2D eigenvalue weighted by atomic mass is 10.0. The molecule has 1 amide bonds. The highest BCUT2D eigenvalue weighted by Gasteiger charge is 2.23. The first-order valence-corrected chi connectivity index (χ1v) is 10.3. The number of anilines is 1. The summed E-state index contributed by atoms with van der Waals surface area (Å²) < 4.78 is 11.0. The lowest BCUT2D eigenvalue weighted by molar-refractivity contribution is -0.119. The van der Waals surface area contributed by atoms with Gasteiger partial charge in [0.05, 0.1) is 0 Å². The minimum absolute atomic E-state index is 0.275. The predicted molar refractivity (Wildman–Crippen MR) is 114 cm³/mol. The highest BCUT2D eigenvalue weighted by atomic mass is 32.1. The van der Waals surface area contributed by atoms with Gasteiger partial charge in [0.1, 0.15) is 17.2 Å². The molecule has 1 N–H and O–H groups in total. The van der Waals surface area contributed by atoms with Crippen molar-refractivity contribution in [1.82, 2.24) is 0 Å². The Hall–Kier alpha value is -3.12. The van der Waals surface area contributed by atoms with E-state index in [-0.39, 0.29) is 18.4 Å². The van der Waals surface area contributed by atoms with E-state index in [2.05, 4.69) is 19.2 Å². The summed E-state index contributed by atoms with van der Waals surface area (Å²) in [7, 11) is 0. The Balaban J connectivity index is 1.41. The number of thiophene rings is 1. The van der Waals surface area contributed by atoms with E-state index in [0.29, 0.717) is 11.5 Å². The maximum absolute atomic E-state index is 12.5. The highest BCUT2D eigenvalue weighted by molar-refractivity contribution is 7.17. The topological polar surface area (TPSA) is 64.6 Å². The van der Waals surface area contributed by atoms with E-state index >= 15 is 0 Å². The molecule has 1 aliphatic heterocycles. The van der Waals surface area contributed by atoms with Crippen LogP contribution in [0.2, 0.25) is 0 Å². The molecule has 0 saturated carbocycles. The number of para-hydroxylation sites is 2. The van der Waals surface area contributed by atoms with Gasteiger partial charge in [-0.2, -0.15) is 0 Å². The summed E-state index contributed by atoms with van der Waals surface area (Å²) in [5, 5.41) is 2.83. The van der Waals surface area contributed by atoms with Gasteiger partial charge in [0.2, 0.25) is 0 Å². The smallest absolute Gasteiger partial charge is 0.348 e. The summed E-state index contributed by atoms with van der Waals surface area (Å²) in [6.07, 6.45) is 0. The van der Waals surface area contributed by atoms with E-state index in [9.17, 15) is 9.59 Å². The van der Waals surface area contributed by atoms with Crippen molar-refractivity contribution in [1.29, 1.82) is 0 Å². The molecule has 4 rings (SSSR count). The van der Waals surface area contributed by atoms with E-state index in [4.69, 9.17) is 9.47 Å². The molecule has 1 aliphatic rings. The fraction of sp³-hybridized carbons (Fsp3) is 0.217. The highest BCUT2D eigenvalue weighted by Crippen LogP contribution is 2.42. The van der Waals surface area contributed by atoms with Gasteiger partial charge < -0.3 is 14.8 Å². The molecule has 5 nitrogen and oxygen atoms in total. The van der Waals surface area contributed by atoms with Gasteiger partial charge in [-0.05, 0) is 35.7 Å². The number of hydrogen-bond donors (Lipinski definition) is 1. The average Bonchev–Trinajstić information content (AvgIpc) is 3.17. The Morgan fingerprint density at radius 1 is 1.14 bits per heavy atom. The zero-order valence-electron chi connectivity index (χ0n) is 16.2. The fourth-order valence-electron chi connectivity index (χ4n) is 3.30. The number of benzene rings is 2. The van der Waals surface area contributed by atoms with E-state index in [1.807, 2.05) is 48.5 Å². The second-order valence-electron chi connectivity index (χ2n) is 7.12. The van der Waals surface area contributed by atoms with Crippen molar-refractivity contribution in [3.8, 4) is 16.2 Å². The van der Waals surface area contributed by atoms with Gasteiger partial charge in [0, 0.05) is 21.7 Å². The van der Waals surface area contributed by atoms with Crippen molar-refractivity contribution >= 4 is 28.9 Å². The summed E-state index contributed by atoms with van der Waals surface area (Å²) in [5.41, 5.74) is 3.71. The molecule has 148 valence electrons. The van der Waals surface area contributed by atoms with Gasteiger partial charge in [-0.15, -0.1) is 11.3 Å². The van der Waals surface area contributed by atoms with Crippen LogP contribution in [-0.4, -0.2) is 18.5 Å². The SMILES string of the molecule is CC(C)c1ccccc1NC(=O)COC(=O)c1cc2c(s1)-c1ccccc1OC2. The number of hydrogen-bond acceptors (Lipinski definition) is 5. The molecule has 0 aliphatic carbocycles. The van der Waals surface area contributed by atoms with Crippen LogP contribution >= 0.6 is 11.3 Å². The molecule has 2 aromatic carbocycles. The van der Waals surface area contributed by atoms with Crippen molar-refractivity contribution in [2.45, 2.75) is 26.4 Å². The van der Waals surface area contributed by atoms with Crippen LogP contribution in [-0.2, 0) is 16.1 Å². The number of ether oxygens (including phenoxy) is 2. The zero-order valence-corrected chi connectivity index (χ0v) is 17.0. The third-order valence-electron chi connectivity index (χ3n) is 4.72. The van der Waals surface area contributed by atoms with Crippen molar-refractivity contribution in [2.24, 2.45) is 0 Å². The molecule has 2 heterocycles. The Morgan fingerprint density at radius 2 is 1.90 bits per heavy atom. The maximum atomic E-state index is 12.5. The van der Waals surface area contributed by atoms with Crippen molar-refractivity contribution in [3.63, 3.8) is 0 Å². The largest absolute Gasteiger partial charge is 0.488 e. The monoisotopic (exact) mass is 407 g/mol. The first-order chi connectivity index (χ1) is 14.0. The number of carbonyl (C=O) groups is 2. The number of amides is 1. The molecule has 1 aromatic heterocycles. The lowest BCUT2D eigenvalue weighted by Gasteiger charge is -2.16. The summed E-state index contributed by atoms with van der Waals surface area (Å²) in [6, 6.07) is 17.1. The molecular weight excluding hydrogens is 386 g/mol. The molecule has 0 saturated heterocycles. The molecule has 0 fully saturated rings. The number of fused-ring (bicyclic) bond motifs is 3. The Kier molecular flexibility index (Phi) is 5.36. The Labute approximate surface area is 173 Å².